The zero-order valence-electron chi connectivity index (χ0n) is 27.3. The Morgan fingerprint density at radius 3 is 2.34 bits per heavy atom. The van der Waals surface area contributed by atoms with E-state index in [0.29, 0.717) is 29.2 Å². The smallest absolute Gasteiger partial charge is 0.328 e. The number of hydrogen-bond acceptors (Lipinski definition) is 11. The maximum Gasteiger partial charge on any atom is 0.328 e. The van der Waals surface area contributed by atoms with Gasteiger partial charge in [-0.3, -0.25) is 29.2 Å². The van der Waals surface area contributed by atoms with Gasteiger partial charge in [0.05, 0.1) is 45.9 Å². The molecule has 0 spiro atoms. The second-order valence-corrected chi connectivity index (χ2v) is 10.5. The van der Waals surface area contributed by atoms with Gasteiger partial charge in [0.1, 0.15) is 17.6 Å². The third-order valence-corrected chi connectivity index (χ3v) is 7.28. The molecule has 0 aliphatic heterocycles. The molecular weight excluding hydrogens is 616 g/mol. The maximum atomic E-state index is 13.1. The third kappa shape index (κ3) is 11.4. The first-order chi connectivity index (χ1) is 22.5. The van der Waals surface area contributed by atoms with E-state index < -0.39 is 54.1 Å². The van der Waals surface area contributed by atoms with Crippen LogP contribution < -0.4 is 20.7 Å². The highest BCUT2D eigenvalue weighted by Crippen LogP contribution is 2.28. The molecule has 0 radical (unpaired) electrons. The van der Waals surface area contributed by atoms with Gasteiger partial charge in [-0.15, -0.1) is 0 Å². The Bertz CT molecular complexity index is 1380. The Labute approximate surface area is 273 Å². The maximum absolute atomic E-state index is 13.1. The summed E-state index contributed by atoms with van der Waals surface area (Å²) in [7, 11) is 2.27. The Morgan fingerprint density at radius 2 is 1.72 bits per heavy atom. The van der Waals surface area contributed by atoms with Crippen LogP contribution in [-0.2, 0) is 28.7 Å². The number of methoxy groups -OCH3 is 2. The van der Waals surface area contributed by atoms with Crippen LogP contribution in [-0.4, -0.2) is 85.9 Å². The number of furan rings is 1. The fourth-order valence-corrected chi connectivity index (χ4v) is 4.84. The largest absolute Gasteiger partial charge is 0.494 e. The van der Waals surface area contributed by atoms with Gasteiger partial charge in [0.25, 0.3) is 11.8 Å². The van der Waals surface area contributed by atoms with Crippen molar-refractivity contribution in [2.45, 2.75) is 71.4 Å². The first-order valence-electron chi connectivity index (χ1n) is 15.3. The molecule has 0 aliphatic rings. The Morgan fingerprint density at radius 1 is 0.979 bits per heavy atom. The monoisotopic (exact) mass is 660 g/mol. The number of nitrogens with zero attached hydrogens (tertiary/aromatic N) is 1. The lowest BCUT2D eigenvalue weighted by atomic mass is 9.90. The minimum atomic E-state index is -1.30. The average Bonchev–Trinajstić information content (AvgIpc) is 3.57. The fraction of sp³-hybridized carbons (Fsp3) is 0.500. The summed E-state index contributed by atoms with van der Waals surface area (Å²) in [5.41, 5.74) is 0.449. The molecule has 15 heteroatoms. The molecule has 0 saturated heterocycles. The highest BCUT2D eigenvalue weighted by Gasteiger charge is 2.31. The van der Waals surface area contributed by atoms with Crippen LogP contribution in [0.1, 0.15) is 80.2 Å². The number of unbranched alkanes of at least 4 members (excludes halogenated alkanes) is 2. The zero-order valence-corrected chi connectivity index (χ0v) is 27.3. The molecule has 2 aromatic rings. The Balaban J connectivity index is 2.18. The standard InChI is InChI=1S/C32H44N4O11/c1-6-9-10-11-23(25(7-2)36(43)19-37)30(40)33-18-34-31(41)27-13-12-26(47-27)20-14-21(16-22(15-20)46-8-3)29(39)35-24(32(42)45-5)17-28(38)44-4/h12-16,19,23-25,43H,6-11,17-18H2,1-5H3,(H,33,40)(H,34,41)(H,35,39)/t23-,24-,25-/m1/s1. The molecule has 4 N–H and O–H groups in total. The number of nitrogens with one attached hydrogen (secondary N) is 3. The predicted molar refractivity (Wildman–Crippen MR) is 167 cm³/mol. The summed E-state index contributed by atoms with van der Waals surface area (Å²) in [6.45, 7) is 5.57. The molecule has 1 aromatic heterocycles. The molecule has 15 nitrogen and oxygen atoms in total. The van der Waals surface area contributed by atoms with E-state index in [9.17, 15) is 34.0 Å². The van der Waals surface area contributed by atoms with Gasteiger partial charge in [0.2, 0.25) is 12.3 Å². The second-order valence-electron chi connectivity index (χ2n) is 10.5. The van der Waals surface area contributed by atoms with Gasteiger partial charge in [-0.05, 0) is 50.1 Å². The zero-order chi connectivity index (χ0) is 34.9. The van der Waals surface area contributed by atoms with Gasteiger partial charge < -0.3 is 34.6 Å². The van der Waals surface area contributed by atoms with E-state index in [1.807, 2.05) is 6.92 Å². The molecule has 1 aromatic carbocycles. The van der Waals surface area contributed by atoms with Gasteiger partial charge >= 0.3 is 11.9 Å². The van der Waals surface area contributed by atoms with Crippen molar-refractivity contribution in [1.29, 1.82) is 0 Å². The summed E-state index contributed by atoms with van der Waals surface area (Å²) in [6, 6.07) is 5.41. The van der Waals surface area contributed by atoms with Crippen molar-refractivity contribution in [3.05, 3.63) is 41.7 Å². The first-order valence-corrected chi connectivity index (χ1v) is 15.3. The van der Waals surface area contributed by atoms with Crippen molar-refractivity contribution >= 4 is 36.1 Å². The fourth-order valence-electron chi connectivity index (χ4n) is 4.84. The molecule has 4 amide bonds. The number of benzene rings is 1. The van der Waals surface area contributed by atoms with Crippen LogP contribution in [0.25, 0.3) is 11.3 Å². The van der Waals surface area contributed by atoms with E-state index in [-0.39, 0.29) is 36.8 Å². The number of esters is 2. The van der Waals surface area contributed by atoms with E-state index in [4.69, 9.17) is 13.9 Å². The summed E-state index contributed by atoms with van der Waals surface area (Å²) >= 11 is 0. The second kappa shape index (κ2) is 19.6. The number of carbonyl (C=O) groups excluding carboxylic acids is 6. The highest BCUT2D eigenvalue weighted by molar-refractivity contribution is 5.99. The molecule has 2 rings (SSSR count). The SMILES string of the molecule is CCCCC[C@@H](C(=O)NCNC(=O)c1ccc(-c2cc(OCC)cc(C(=O)N[C@H](CC(=O)OC)C(=O)OC)c2)o1)[C@@H](CC)N(O)C=O. The quantitative estimate of drug-likeness (QED) is 0.0406. The Hall–Kier alpha value is -4.92. The number of ether oxygens (including phenoxy) is 3. The van der Waals surface area contributed by atoms with E-state index in [2.05, 4.69) is 20.7 Å². The molecule has 0 saturated carbocycles. The number of hydroxylamine groups is 2. The van der Waals surface area contributed by atoms with Gasteiger partial charge in [-0.25, -0.2) is 9.86 Å². The van der Waals surface area contributed by atoms with Crippen LogP contribution in [0.5, 0.6) is 5.75 Å². The Kier molecular flexibility index (Phi) is 15.9. The topological polar surface area (TPSA) is 203 Å². The normalized spacial score (nSPS) is 12.6. The van der Waals surface area contributed by atoms with Crippen LogP contribution in [0.3, 0.4) is 0 Å². The molecule has 258 valence electrons. The molecular formula is C32H44N4O11. The lowest BCUT2D eigenvalue weighted by Gasteiger charge is -2.29. The average molecular weight is 661 g/mol. The number of amides is 4. The third-order valence-electron chi connectivity index (χ3n) is 7.28. The molecule has 0 unspecified atom stereocenters. The van der Waals surface area contributed by atoms with E-state index >= 15 is 0 Å². The summed E-state index contributed by atoms with van der Waals surface area (Å²) in [5.74, 6) is -3.57. The highest BCUT2D eigenvalue weighted by atomic mass is 16.5. The number of hydrogen-bond donors (Lipinski definition) is 4. The van der Waals surface area contributed by atoms with Crippen LogP contribution in [0, 0.1) is 5.92 Å². The van der Waals surface area contributed by atoms with Crippen molar-refractivity contribution in [2.75, 3.05) is 27.5 Å². The minimum absolute atomic E-state index is 0.0738. The van der Waals surface area contributed by atoms with Crippen LogP contribution >= 0.6 is 0 Å². The molecule has 3 atom stereocenters. The van der Waals surface area contributed by atoms with Crippen molar-refractivity contribution in [3.63, 3.8) is 0 Å². The van der Waals surface area contributed by atoms with Gasteiger partial charge in [-0.1, -0.05) is 33.1 Å². The summed E-state index contributed by atoms with van der Waals surface area (Å²) in [4.78, 5) is 74.1. The van der Waals surface area contributed by atoms with E-state index in [1.165, 1.54) is 24.3 Å². The van der Waals surface area contributed by atoms with Crippen molar-refractivity contribution in [3.8, 4) is 17.1 Å². The van der Waals surface area contributed by atoms with Crippen LogP contribution in [0.15, 0.2) is 34.7 Å². The van der Waals surface area contributed by atoms with Gasteiger partial charge in [0.15, 0.2) is 5.76 Å². The van der Waals surface area contributed by atoms with Crippen LogP contribution in [0.4, 0.5) is 0 Å². The summed E-state index contributed by atoms with van der Waals surface area (Å²) in [5, 5.41) is 18.2. The van der Waals surface area contributed by atoms with Crippen molar-refractivity contribution < 1.29 is 52.6 Å². The first kappa shape index (κ1) is 38.3. The summed E-state index contributed by atoms with van der Waals surface area (Å²) in [6.07, 6.45) is 3.18. The summed E-state index contributed by atoms with van der Waals surface area (Å²) < 4.78 is 20.6. The number of rotatable bonds is 20. The van der Waals surface area contributed by atoms with Crippen molar-refractivity contribution in [2.24, 2.45) is 5.92 Å². The van der Waals surface area contributed by atoms with Crippen LogP contribution in [0.2, 0.25) is 0 Å². The molecule has 47 heavy (non-hydrogen) atoms. The predicted octanol–water partition coefficient (Wildman–Crippen LogP) is 2.81. The van der Waals surface area contributed by atoms with E-state index in [1.54, 1.807) is 19.9 Å². The molecule has 0 fully saturated rings. The van der Waals surface area contributed by atoms with Gasteiger partial charge in [0, 0.05) is 11.1 Å². The molecule has 1 heterocycles. The molecule has 0 aliphatic carbocycles. The molecule has 0 bridgehead atoms. The number of carbonyl (C=O) groups is 6. The van der Waals surface area contributed by atoms with Gasteiger partial charge in [-0.2, -0.15) is 0 Å². The minimum Gasteiger partial charge on any atom is -0.494 e. The lowest BCUT2D eigenvalue weighted by Crippen LogP contribution is -2.47. The van der Waals surface area contributed by atoms with Crippen molar-refractivity contribution in [1.82, 2.24) is 21.0 Å². The lowest BCUT2D eigenvalue weighted by molar-refractivity contribution is -0.168. The van der Waals surface area contributed by atoms with E-state index in [0.717, 1.165) is 33.5 Å².